The van der Waals surface area contributed by atoms with E-state index in [2.05, 4.69) is 4.98 Å². The summed E-state index contributed by atoms with van der Waals surface area (Å²) in [5.74, 6) is -0.729. The summed E-state index contributed by atoms with van der Waals surface area (Å²) in [5.41, 5.74) is 0.847. The van der Waals surface area contributed by atoms with Crippen LogP contribution in [0.15, 0.2) is 36.8 Å². The van der Waals surface area contributed by atoms with Gasteiger partial charge < -0.3 is 9.30 Å². The summed E-state index contributed by atoms with van der Waals surface area (Å²) < 4.78 is 20.7. The lowest BCUT2D eigenvalue weighted by atomic mass is 10.1. The number of nitrogens with zero attached hydrogens (tertiary/aromatic N) is 2. The molecule has 0 spiro atoms. The SMILES string of the molecule is CCCCOC(=O)c1cncn1[C@H](C)c1ccccc1F. The molecule has 0 bridgehead atoms. The maximum Gasteiger partial charge on any atom is 0.356 e. The van der Waals surface area contributed by atoms with Crippen LogP contribution in [0.25, 0.3) is 0 Å². The minimum absolute atomic E-state index is 0.302. The van der Waals surface area contributed by atoms with Crippen LogP contribution >= 0.6 is 0 Å². The van der Waals surface area contributed by atoms with Gasteiger partial charge in [-0.1, -0.05) is 31.5 Å². The Morgan fingerprint density at radius 2 is 2.19 bits per heavy atom. The van der Waals surface area contributed by atoms with E-state index in [1.165, 1.54) is 18.6 Å². The minimum Gasteiger partial charge on any atom is -0.461 e. The second kappa shape index (κ2) is 7.02. The number of ether oxygens (including phenoxy) is 1. The molecule has 0 radical (unpaired) electrons. The lowest BCUT2D eigenvalue weighted by Crippen LogP contribution is -2.16. The molecular weight excluding hydrogens is 271 g/mol. The van der Waals surface area contributed by atoms with Crippen molar-refractivity contribution < 1.29 is 13.9 Å². The molecule has 0 aliphatic carbocycles. The lowest BCUT2D eigenvalue weighted by molar-refractivity contribution is 0.0486. The van der Waals surface area contributed by atoms with Gasteiger partial charge in [-0.15, -0.1) is 0 Å². The number of halogens is 1. The van der Waals surface area contributed by atoms with Crippen LogP contribution in [0.3, 0.4) is 0 Å². The standard InChI is InChI=1S/C16H19FN2O2/c1-3-4-9-21-16(20)15-10-18-11-19(15)12(2)13-7-5-6-8-14(13)17/h5-8,10-12H,3-4,9H2,1-2H3/t12-/m1/s1. The number of carbonyl (C=O) groups excluding carboxylic acids is 1. The van der Waals surface area contributed by atoms with Crippen LogP contribution in [-0.4, -0.2) is 22.1 Å². The van der Waals surface area contributed by atoms with Gasteiger partial charge in [0.15, 0.2) is 0 Å². The average molecular weight is 290 g/mol. The molecule has 0 N–H and O–H groups in total. The molecule has 0 saturated carbocycles. The molecule has 0 saturated heterocycles. The Hall–Kier alpha value is -2.17. The molecule has 0 fully saturated rings. The monoisotopic (exact) mass is 290 g/mol. The van der Waals surface area contributed by atoms with Crippen molar-refractivity contribution in [3.63, 3.8) is 0 Å². The molecule has 0 unspecified atom stereocenters. The van der Waals surface area contributed by atoms with E-state index < -0.39 is 5.97 Å². The molecule has 0 aliphatic heterocycles. The molecule has 1 aromatic carbocycles. The first kappa shape index (κ1) is 15.2. The van der Waals surface area contributed by atoms with Crippen molar-refractivity contribution in [1.82, 2.24) is 9.55 Å². The fourth-order valence-corrected chi connectivity index (χ4v) is 2.12. The molecule has 2 rings (SSSR count). The number of hydrogen-bond acceptors (Lipinski definition) is 3. The van der Waals surface area contributed by atoms with Crippen LogP contribution in [-0.2, 0) is 4.74 Å². The summed E-state index contributed by atoms with van der Waals surface area (Å²) >= 11 is 0. The molecule has 21 heavy (non-hydrogen) atoms. The van der Waals surface area contributed by atoms with E-state index in [4.69, 9.17) is 4.74 Å². The van der Waals surface area contributed by atoms with E-state index in [-0.39, 0.29) is 11.9 Å². The highest BCUT2D eigenvalue weighted by Crippen LogP contribution is 2.22. The van der Waals surface area contributed by atoms with Gasteiger partial charge in [0.25, 0.3) is 0 Å². The van der Waals surface area contributed by atoms with Gasteiger partial charge in [0, 0.05) is 5.56 Å². The van der Waals surface area contributed by atoms with Crippen LogP contribution in [0.1, 0.15) is 48.8 Å². The van der Waals surface area contributed by atoms with Crippen molar-refractivity contribution in [1.29, 1.82) is 0 Å². The zero-order valence-electron chi connectivity index (χ0n) is 12.3. The van der Waals surface area contributed by atoms with Gasteiger partial charge in [-0.25, -0.2) is 14.2 Å². The van der Waals surface area contributed by atoms with E-state index in [0.29, 0.717) is 17.9 Å². The second-order valence-corrected chi connectivity index (χ2v) is 4.87. The molecule has 0 aliphatic rings. The van der Waals surface area contributed by atoms with Gasteiger partial charge in [0.05, 0.1) is 25.2 Å². The van der Waals surface area contributed by atoms with E-state index in [1.807, 2.05) is 13.8 Å². The molecule has 1 atom stereocenters. The third-order valence-electron chi connectivity index (χ3n) is 3.38. The predicted molar refractivity (Wildman–Crippen MR) is 77.6 cm³/mol. The smallest absolute Gasteiger partial charge is 0.356 e. The zero-order chi connectivity index (χ0) is 15.2. The Bertz CT molecular complexity index is 610. The van der Waals surface area contributed by atoms with Crippen molar-refractivity contribution in [2.45, 2.75) is 32.7 Å². The predicted octanol–water partition coefficient (Wildman–Crippen LogP) is 3.59. The van der Waals surface area contributed by atoms with Gasteiger partial charge >= 0.3 is 5.97 Å². The fourth-order valence-electron chi connectivity index (χ4n) is 2.12. The molecule has 5 heteroatoms. The fraction of sp³-hybridized carbons (Fsp3) is 0.375. The summed E-state index contributed by atoms with van der Waals surface area (Å²) in [6.07, 6.45) is 4.75. The quantitative estimate of drug-likeness (QED) is 0.603. The van der Waals surface area contributed by atoms with E-state index in [1.54, 1.807) is 22.8 Å². The Morgan fingerprint density at radius 1 is 1.43 bits per heavy atom. The van der Waals surface area contributed by atoms with Crippen LogP contribution in [0.2, 0.25) is 0 Å². The van der Waals surface area contributed by atoms with E-state index >= 15 is 0 Å². The summed E-state index contributed by atoms with van der Waals surface area (Å²) in [7, 11) is 0. The van der Waals surface area contributed by atoms with Crippen molar-refractivity contribution in [2.75, 3.05) is 6.61 Å². The number of hydrogen-bond donors (Lipinski definition) is 0. The number of benzene rings is 1. The normalized spacial score (nSPS) is 12.1. The highest BCUT2D eigenvalue weighted by molar-refractivity contribution is 5.87. The molecule has 1 heterocycles. The molecule has 0 amide bonds. The summed E-state index contributed by atoms with van der Waals surface area (Å²) in [6, 6.07) is 6.18. The Kier molecular flexibility index (Phi) is 5.09. The van der Waals surface area contributed by atoms with Gasteiger partial charge in [-0.05, 0) is 19.4 Å². The minimum atomic E-state index is -0.427. The first-order valence-electron chi connectivity index (χ1n) is 7.08. The number of esters is 1. The van der Waals surface area contributed by atoms with Crippen molar-refractivity contribution in [3.05, 3.63) is 53.9 Å². The highest BCUT2D eigenvalue weighted by atomic mass is 19.1. The third-order valence-corrected chi connectivity index (χ3v) is 3.38. The number of aromatic nitrogens is 2. The third kappa shape index (κ3) is 3.48. The van der Waals surface area contributed by atoms with Gasteiger partial charge in [0.2, 0.25) is 0 Å². The van der Waals surface area contributed by atoms with Crippen LogP contribution in [0, 0.1) is 5.82 Å². The zero-order valence-corrected chi connectivity index (χ0v) is 12.3. The van der Waals surface area contributed by atoms with Crippen LogP contribution < -0.4 is 0 Å². The number of carbonyl (C=O) groups is 1. The number of unbranched alkanes of at least 4 members (excludes halogenated alkanes) is 1. The molecule has 4 nitrogen and oxygen atoms in total. The molecule has 1 aromatic heterocycles. The van der Waals surface area contributed by atoms with Gasteiger partial charge in [0.1, 0.15) is 11.5 Å². The highest BCUT2D eigenvalue weighted by Gasteiger charge is 2.19. The number of imidazole rings is 1. The lowest BCUT2D eigenvalue weighted by Gasteiger charge is -2.17. The second-order valence-electron chi connectivity index (χ2n) is 4.87. The van der Waals surface area contributed by atoms with Crippen molar-refractivity contribution in [3.8, 4) is 0 Å². The first-order valence-corrected chi connectivity index (χ1v) is 7.08. The van der Waals surface area contributed by atoms with Crippen molar-refractivity contribution in [2.24, 2.45) is 0 Å². The van der Waals surface area contributed by atoms with Crippen LogP contribution in [0.5, 0.6) is 0 Å². The Labute approximate surface area is 123 Å². The van der Waals surface area contributed by atoms with Gasteiger partial charge in [-0.2, -0.15) is 0 Å². The average Bonchev–Trinajstić information content (AvgIpc) is 2.96. The number of rotatable bonds is 6. The van der Waals surface area contributed by atoms with E-state index in [0.717, 1.165) is 12.8 Å². The van der Waals surface area contributed by atoms with E-state index in [9.17, 15) is 9.18 Å². The summed E-state index contributed by atoms with van der Waals surface area (Å²) in [5, 5.41) is 0. The molecule has 112 valence electrons. The Balaban J connectivity index is 2.20. The van der Waals surface area contributed by atoms with Crippen LogP contribution in [0.4, 0.5) is 4.39 Å². The summed E-state index contributed by atoms with van der Waals surface area (Å²) in [6.45, 7) is 4.23. The largest absolute Gasteiger partial charge is 0.461 e. The summed E-state index contributed by atoms with van der Waals surface area (Å²) in [4.78, 5) is 16.0. The maximum absolute atomic E-state index is 13.9. The van der Waals surface area contributed by atoms with Crippen molar-refractivity contribution >= 4 is 5.97 Å². The van der Waals surface area contributed by atoms with Gasteiger partial charge in [-0.3, -0.25) is 0 Å². The Morgan fingerprint density at radius 3 is 2.90 bits per heavy atom. The first-order chi connectivity index (χ1) is 10.1. The maximum atomic E-state index is 13.9. The topological polar surface area (TPSA) is 44.1 Å². The molecular formula is C16H19FN2O2. The molecule has 2 aromatic rings.